The first kappa shape index (κ1) is 18.9. The zero-order valence-electron chi connectivity index (χ0n) is 11.2. The third-order valence-corrected chi connectivity index (χ3v) is 2.99. The Balaban J connectivity index is 0.00000180. The number of aromatic nitrogens is 2. The van der Waals surface area contributed by atoms with E-state index in [1.807, 2.05) is 30.0 Å². The molecule has 1 aromatic rings. The highest BCUT2D eigenvalue weighted by molar-refractivity contribution is 5.85. The van der Waals surface area contributed by atoms with Gasteiger partial charge in [-0.05, 0) is 0 Å². The molecule has 0 saturated heterocycles. The van der Waals surface area contributed by atoms with Crippen LogP contribution in [0.4, 0.5) is 0 Å². The predicted molar refractivity (Wildman–Crippen MR) is 81.1 cm³/mol. The van der Waals surface area contributed by atoms with Gasteiger partial charge in [-0.3, -0.25) is 10.1 Å². The van der Waals surface area contributed by atoms with Crippen LogP contribution in [0, 0.1) is 0 Å². The van der Waals surface area contributed by atoms with Crippen LogP contribution >= 0.6 is 24.8 Å². The SMILES string of the molecule is Cl.Cl.Cn1ccnc1CN(CCO)C(=O)C1C=CCN1. The number of aliphatic hydroxyl groups excluding tert-OH is 1. The average Bonchev–Trinajstić information content (AvgIpc) is 3.00. The number of hydrogen-bond acceptors (Lipinski definition) is 4. The average molecular weight is 323 g/mol. The molecule has 0 aliphatic carbocycles. The summed E-state index contributed by atoms with van der Waals surface area (Å²) in [4.78, 5) is 18.1. The van der Waals surface area contributed by atoms with Crippen LogP contribution in [0.3, 0.4) is 0 Å². The van der Waals surface area contributed by atoms with Gasteiger partial charge in [-0.25, -0.2) is 4.98 Å². The zero-order valence-corrected chi connectivity index (χ0v) is 12.9. The second-order valence-corrected chi connectivity index (χ2v) is 4.25. The fraction of sp³-hybridized carbons (Fsp3) is 0.500. The maximum absolute atomic E-state index is 12.2. The van der Waals surface area contributed by atoms with Gasteiger partial charge in [-0.15, -0.1) is 24.8 Å². The molecule has 114 valence electrons. The number of nitrogens with zero attached hydrogens (tertiary/aromatic N) is 3. The van der Waals surface area contributed by atoms with E-state index in [0.29, 0.717) is 19.6 Å². The first-order valence-electron chi connectivity index (χ1n) is 5.98. The van der Waals surface area contributed by atoms with Crippen molar-refractivity contribution in [1.82, 2.24) is 19.8 Å². The molecule has 2 rings (SSSR count). The Labute approximate surface area is 130 Å². The third kappa shape index (κ3) is 4.49. The largest absolute Gasteiger partial charge is 0.395 e. The number of imidazole rings is 1. The van der Waals surface area contributed by atoms with Gasteiger partial charge >= 0.3 is 0 Å². The van der Waals surface area contributed by atoms with Gasteiger partial charge < -0.3 is 14.6 Å². The molecular weight excluding hydrogens is 303 g/mol. The van der Waals surface area contributed by atoms with Crippen molar-refractivity contribution >= 4 is 30.7 Å². The zero-order chi connectivity index (χ0) is 13.0. The number of halogens is 2. The van der Waals surface area contributed by atoms with E-state index >= 15 is 0 Å². The lowest BCUT2D eigenvalue weighted by atomic mass is 10.2. The second-order valence-electron chi connectivity index (χ2n) is 4.25. The first-order chi connectivity index (χ1) is 8.72. The van der Waals surface area contributed by atoms with Crippen LogP contribution in [0.5, 0.6) is 0 Å². The van der Waals surface area contributed by atoms with Crippen LogP contribution in [0.1, 0.15) is 5.82 Å². The van der Waals surface area contributed by atoms with Crippen LogP contribution in [0.25, 0.3) is 0 Å². The van der Waals surface area contributed by atoms with Crippen molar-refractivity contribution < 1.29 is 9.90 Å². The van der Waals surface area contributed by atoms with Gasteiger partial charge in [0, 0.05) is 32.5 Å². The van der Waals surface area contributed by atoms with Crippen molar-refractivity contribution in [1.29, 1.82) is 0 Å². The lowest BCUT2D eigenvalue weighted by Gasteiger charge is -2.24. The molecule has 1 unspecified atom stereocenters. The summed E-state index contributed by atoms with van der Waals surface area (Å²) in [5.74, 6) is 0.777. The van der Waals surface area contributed by atoms with Crippen molar-refractivity contribution in [3.05, 3.63) is 30.4 Å². The van der Waals surface area contributed by atoms with E-state index in [0.717, 1.165) is 5.82 Å². The predicted octanol–water partition coefficient (Wildman–Crippen LogP) is 0.113. The highest BCUT2D eigenvalue weighted by Crippen LogP contribution is 2.06. The highest BCUT2D eigenvalue weighted by atomic mass is 35.5. The fourth-order valence-electron chi connectivity index (χ4n) is 1.94. The van der Waals surface area contributed by atoms with Crippen LogP contribution in [0.15, 0.2) is 24.5 Å². The molecule has 0 radical (unpaired) electrons. The van der Waals surface area contributed by atoms with Crippen molar-refractivity contribution in [2.45, 2.75) is 12.6 Å². The monoisotopic (exact) mass is 322 g/mol. The normalized spacial score (nSPS) is 16.4. The Morgan fingerprint density at radius 1 is 1.60 bits per heavy atom. The molecule has 2 heterocycles. The van der Waals surface area contributed by atoms with E-state index in [9.17, 15) is 4.79 Å². The van der Waals surface area contributed by atoms with Gasteiger partial charge in [0.1, 0.15) is 11.9 Å². The van der Waals surface area contributed by atoms with Gasteiger partial charge in [0.05, 0.1) is 13.2 Å². The number of amides is 1. The van der Waals surface area contributed by atoms with Gasteiger partial charge in [0.2, 0.25) is 5.91 Å². The van der Waals surface area contributed by atoms with Crippen molar-refractivity contribution in [2.24, 2.45) is 7.05 Å². The summed E-state index contributed by atoms with van der Waals surface area (Å²) in [6.45, 7) is 1.39. The molecule has 1 aliphatic heterocycles. The summed E-state index contributed by atoms with van der Waals surface area (Å²) < 4.78 is 1.87. The topological polar surface area (TPSA) is 70.4 Å². The summed E-state index contributed by atoms with van der Waals surface area (Å²) in [5, 5.41) is 12.1. The molecule has 1 aromatic heterocycles. The Hall–Kier alpha value is -1.08. The minimum atomic E-state index is -0.281. The molecular formula is C12H20Cl2N4O2. The van der Waals surface area contributed by atoms with Gasteiger partial charge in [-0.2, -0.15) is 0 Å². The Morgan fingerprint density at radius 2 is 2.35 bits per heavy atom. The van der Waals surface area contributed by atoms with Crippen LogP contribution in [-0.2, 0) is 18.4 Å². The molecule has 0 spiro atoms. The molecule has 6 nitrogen and oxygen atoms in total. The molecule has 0 bridgehead atoms. The van der Waals surface area contributed by atoms with Crippen molar-refractivity contribution in [3.63, 3.8) is 0 Å². The van der Waals surface area contributed by atoms with Gasteiger partial charge in [-0.1, -0.05) is 12.2 Å². The standard InChI is InChI=1S/C12H18N4O2.2ClH/c1-15-6-5-14-11(15)9-16(7-8-17)12(18)10-3-2-4-13-10;;/h2-3,5-6,10,13,17H,4,7-9H2,1H3;2*1H. The highest BCUT2D eigenvalue weighted by Gasteiger charge is 2.24. The van der Waals surface area contributed by atoms with Crippen LogP contribution < -0.4 is 5.32 Å². The van der Waals surface area contributed by atoms with E-state index < -0.39 is 0 Å². The minimum Gasteiger partial charge on any atom is -0.395 e. The second kappa shape index (κ2) is 8.97. The van der Waals surface area contributed by atoms with E-state index in [1.54, 1.807) is 11.1 Å². The number of carbonyl (C=O) groups is 1. The third-order valence-electron chi connectivity index (χ3n) is 2.99. The Bertz CT molecular complexity index is 450. The number of rotatable bonds is 5. The number of carbonyl (C=O) groups excluding carboxylic acids is 1. The van der Waals surface area contributed by atoms with Gasteiger partial charge in [0.15, 0.2) is 0 Å². The molecule has 0 saturated carbocycles. The molecule has 8 heteroatoms. The molecule has 0 aromatic carbocycles. The van der Waals surface area contributed by atoms with Crippen molar-refractivity contribution in [2.75, 3.05) is 19.7 Å². The minimum absolute atomic E-state index is 0. The summed E-state index contributed by atoms with van der Waals surface area (Å²) in [7, 11) is 1.89. The van der Waals surface area contributed by atoms with E-state index in [4.69, 9.17) is 5.11 Å². The smallest absolute Gasteiger partial charge is 0.244 e. The van der Waals surface area contributed by atoms with Crippen LogP contribution in [0.2, 0.25) is 0 Å². The van der Waals surface area contributed by atoms with Crippen molar-refractivity contribution in [3.8, 4) is 0 Å². The first-order valence-corrected chi connectivity index (χ1v) is 5.98. The van der Waals surface area contributed by atoms with E-state index in [1.165, 1.54) is 0 Å². The quantitative estimate of drug-likeness (QED) is 0.755. The summed E-state index contributed by atoms with van der Waals surface area (Å²) in [5.41, 5.74) is 0. The number of hydrogen-bond donors (Lipinski definition) is 2. The number of aliphatic hydroxyl groups is 1. The fourth-order valence-corrected chi connectivity index (χ4v) is 1.94. The summed E-state index contributed by atoms with van der Waals surface area (Å²) in [6, 6.07) is -0.281. The molecule has 20 heavy (non-hydrogen) atoms. The van der Waals surface area contributed by atoms with Crippen LogP contribution in [-0.4, -0.2) is 51.2 Å². The lowest BCUT2D eigenvalue weighted by Crippen LogP contribution is -2.44. The molecule has 1 aliphatic rings. The van der Waals surface area contributed by atoms with Gasteiger partial charge in [0.25, 0.3) is 0 Å². The molecule has 1 atom stereocenters. The molecule has 1 amide bonds. The maximum Gasteiger partial charge on any atom is 0.244 e. The summed E-state index contributed by atoms with van der Waals surface area (Å²) >= 11 is 0. The Morgan fingerprint density at radius 3 is 2.85 bits per heavy atom. The van der Waals surface area contributed by atoms with E-state index in [2.05, 4.69) is 10.3 Å². The summed E-state index contributed by atoms with van der Waals surface area (Å²) in [6.07, 6.45) is 7.32. The number of aryl methyl sites for hydroxylation is 1. The lowest BCUT2D eigenvalue weighted by molar-refractivity contribution is -0.133. The van der Waals surface area contributed by atoms with E-state index in [-0.39, 0.29) is 43.4 Å². The number of nitrogens with one attached hydrogen (secondary N) is 1. The Kier molecular flexibility index (Phi) is 8.48. The molecule has 0 fully saturated rings. The maximum atomic E-state index is 12.2. The molecule has 2 N–H and O–H groups in total.